The molecule has 0 radical (unpaired) electrons. The zero-order chi connectivity index (χ0) is 10.9. The van der Waals surface area contributed by atoms with Gasteiger partial charge in [0.05, 0.1) is 5.54 Å². The lowest BCUT2D eigenvalue weighted by Crippen LogP contribution is -2.36. The molecule has 0 aliphatic heterocycles. The summed E-state index contributed by atoms with van der Waals surface area (Å²) in [6.45, 7) is 4.12. The van der Waals surface area contributed by atoms with Crippen molar-refractivity contribution >= 4 is 0 Å². The lowest BCUT2D eigenvalue weighted by molar-refractivity contribution is 0.285. The van der Waals surface area contributed by atoms with Crippen molar-refractivity contribution < 1.29 is 4.52 Å². The Morgan fingerprint density at radius 3 is 2.53 bits per heavy atom. The Labute approximate surface area is 90.2 Å². The topological polar surface area (TPSA) is 64.9 Å². The summed E-state index contributed by atoms with van der Waals surface area (Å²) in [6.07, 6.45) is 5.31. The summed E-state index contributed by atoms with van der Waals surface area (Å²) in [5.41, 5.74) is 5.79. The summed E-state index contributed by atoms with van der Waals surface area (Å²) in [4.78, 5) is 4.44. The summed E-state index contributed by atoms with van der Waals surface area (Å²) >= 11 is 0. The van der Waals surface area contributed by atoms with E-state index in [4.69, 9.17) is 10.3 Å². The molecule has 1 aliphatic carbocycles. The molecule has 0 saturated heterocycles. The fourth-order valence-corrected chi connectivity index (χ4v) is 1.82. The third kappa shape index (κ3) is 1.78. The minimum Gasteiger partial charge on any atom is -0.339 e. The van der Waals surface area contributed by atoms with Gasteiger partial charge in [-0.05, 0) is 25.7 Å². The molecule has 4 nitrogen and oxygen atoms in total. The molecular weight excluding hydrogens is 190 g/mol. The van der Waals surface area contributed by atoms with Gasteiger partial charge in [0.2, 0.25) is 5.89 Å². The minimum absolute atomic E-state index is 0.411. The van der Waals surface area contributed by atoms with E-state index >= 15 is 0 Å². The molecule has 0 unspecified atom stereocenters. The Bertz CT molecular complexity index is 326. The first-order valence-corrected chi connectivity index (χ1v) is 5.82. The van der Waals surface area contributed by atoms with Crippen molar-refractivity contribution in [3.05, 3.63) is 11.7 Å². The average molecular weight is 209 g/mol. The molecular formula is C11H19N3O. The molecule has 0 spiro atoms. The summed E-state index contributed by atoms with van der Waals surface area (Å²) in [6, 6.07) is 0. The van der Waals surface area contributed by atoms with E-state index in [1.165, 1.54) is 19.3 Å². The number of aromatic nitrogens is 2. The van der Waals surface area contributed by atoms with Crippen LogP contribution < -0.4 is 5.73 Å². The van der Waals surface area contributed by atoms with Gasteiger partial charge in [0.1, 0.15) is 0 Å². The summed E-state index contributed by atoms with van der Waals surface area (Å²) in [5.74, 6) is 1.95. The largest absolute Gasteiger partial charge is 0.339 e. The highest BCUT2D eigenvalue weighted by Crippen LogP contribution is 2.36. The van der Waals surface area contributed by atoms with E-state index < -0.39 is 5.54 Å². The van der Waals surface area contributed by atoms with Crippen LogP contribution in [0.1, 0.15) is 63.6 Å². The maximum Gasteiger partial charge on any atom is 0.229 e. The monoisotopic (exact) mass is 209 g/mol. The van der Waals surface area contributed by atoms with Crippen LogP contribution in [0.4, 0.5) is 0 Å². The number of nitrogens with zero attached hydrogens (tertiary/aromatic N) is 2. The third-order valence-corrected chi connectivity index (χ3v) is 3.60. The molecule has 0 atom stereocenters. The molecule has 4 heteroatoms. The first-order chi connectivity index (χ1) is 7.19. The van der Waals surface area contributed by atoms with Crippen molar-refractivity contribution in [2.24, 2.45) is 5.73 Å². The molecule has 1 aromatic rings. The molecule has 0 aromatic carbocycles. The number of rotatable bonds is 4. The van der Waals surface area contributed by atoms with Crippen LogP contribution in [0.15, 0.2) is 4.52 Å². The number of hydrogen-bond acceptors (Lipinski definition) is 4. The van der Waals surface area contributed by atoms with Gasteiger partial charge in [0, 0.05) is 5.92 Å². The van der Waals surface area contributed by atoms with Gasteiger partial charge in [0.15, 0.2) is 5.82 Å². The maximum absolute atomic E-state index is 6.21. The summed E-state index contributed by atoms with van der Waals surface area (Å²) < 4.78 is 5.28. The van der Waals surface area contributed by atoms with Crippen LogP contribution in [0.25, 0.3) is 0 Å². The van der Waals surface area contributed by atoms with E-state index in [1.54, 1.807) is 0 Å². The van der Waals surface area contributed by atoms with E-state index in [-0.39, 0.29) is 0 Å². The van der Waals surface area contributed by atoms with Crippen molar-refractivity contribution in [2.75, 3.05) is 0 Å². The molecule has 2 N–H and O–H groups in total. The van der Waals surface area contributed by atoms with Crippen LogP contribution in [0.2, 0.25) is 0 Å². The Morgan fingerprint density at radius 2 is 2.07 bits per heavy atom. The standard InChI is InChI=1S/C11H19N3O/c1-3-11(12,4-2)10-13-9(15-14-10)8-6-5-7-8/h8H,3-7,12H2,1-2H3. The van der Waals surface area contributed by atoms with Crippen molar-refractivity contribution in [2.45, 2.75) is 57.4 Å². The smallest absolute Gasteiger partial charge is 0.229 e. The fraction of sp³-hybridized carbons (Fsp3) is 0.818. The predicted octanol–water partition coefficient (Wildman–Crippen LogP) is 2.31. The first kappa shape index (κ1) is 10.6. The molecule has 1 aliphatic rings. The lowest BCUT2D eigenvalue weighted by atomic mass is 9.85. The van der Waals surface area contributed by atoms with E-state index in [0.717, 1.165) is 18.7 Å². The van der Waals surface area contributed by atoms with Crippen LogP contribution in [0.5, 0.6) is 0 Å². The number of nitrogens with two attached hydrogens (primary N) is 1. The molecule has 84 valence electrons. The molecule has 15 heavy (non-hydrogen) atoms. The zero-order valence-electron chi connectivity index (χ0n) is 9.49. The molecule has 1 heterocycles. The SMILES string of the molecule is CCC(N)(CC)c1noc(C2CCC2)n1. The Hall–Kier alpha value is -0.900. The van der Waals surface area contributed by atoms with Crippen LogP contribution in [-0.2, 0) is 5.54 Å². The summed E-state index contributed by atoms with van der Waals surface area (Å²) in [5, 5.41) is 4.02. The highest BCUT2D eigenvalue weighted by molar-refractivity contribution is 5.06. The van der Waals surface area contributed by atoms with E-state index in [2.05, 4.69) is 24.0 Å². The maximum atomic E-state index is 6.21. The van der Waals surface area contributed by atoms with Crippen LogP contribution in [0, 0.1) is 0 Å². The molecule has 2 rings (SSSR count). The third-order valence-electron chi connectivity index (χ3n) is 3.60. The molecule has 1 saturated carbocycles. The van der Waals surface area contributed by atoms with Gasteiger partial charge in [-0.15, -0.1) is 0 Å². The van der Waals surface area contributed by atoms with Gasteiger partial charge >= 0.3 is 0 Å². The Morgan fingerprint density at radius 1 is 1.40 bits per heavy atom. The van der Waals surface area contributed by atoms with Crippen molar-refractivity contribution in [3.63, 3.8) is 0 Å². The van der Waals surface area contributed by atoms with Gasteiger partial charge < -0.3 is 10.3 Å². The van der Waals surface area contributed by atoms with Gasteiger partial charge in [-0.2, -0.15) is 4.98 Å². The van der Waals surface area contributed by atoms with Crippen LogP contribution >= 0.6 is 0 Å². The molecule has 0 amide bonds. The quantitative estimate of drug-likeness (QED) is 0.826. The van der Waals surface area contributed by atoms with E-state index in [1.807, 2.05) is 0 Å². The zero-order valence-corrected chi connectivity index (χ0v) is 9.49. The van der Waals surface area contributed by atoms with E-state index in [9.17, 15) is 0 Å². The second-order valence-electron chi connectivity index (χ2n) is 4.45. The second-order valence-corrected chi connectivity index (χ2v) is 4.45. The second kappa shape index (κ2) is 3.93. The van der Waals surface area contributed by atoms with Gasteiger partial charge in [-0.3, -0.25) is 0 Å². The lowest BCUT2D eigenvalue weighted by Gasteiger charge is -2.22. The Balaban J connectivity index is 2.18. The van der Waals surface area contributed by atoms with Gasteiger partial charge in [-0.25, -0.2) is 0 Å². The van der Waals surface area contributed by atoms with Gasteiger partial charge in [0.25, 0.3) is 0 Å². The van der Waals surface area contributed by atoms with Crippen LogP contribution in [-0.4, -0.2) is 10.1 Å². The Kier molecular flexibility index (Phi) is 2.78. The van der Waals surface area contributed by atoms with E-state index in [0.29, 0.717) is 11.7 Å². The van der Waals surface area contributed by atoms with Crippen molar-refractivity contribution in [1.29, 1.82) is 0 Å². The highest BCUT2D eigenvalue weighted by atomic mass is 16.5. The fourth-order valence-electron chi connectivity index (χ4n) is 1.82. The summed E-state index contributed by atoms with van der Waals surface area (Å²) in [7, 11) is 0. The van der Waals surface area contributed by atoms with Gasteiger partial charge in [-0.1, -0.05) is 25.4 Å². The highest BCUT2D eigenvalue weighted by Gasteiger charge is 2.32. The van der Waals surface area contributed by atoms with Crippen molar-refractivity contribution in [3.8, 4) is 0 Å². The van der Waals surface area contributed by atoms with Crippen LogP contribution in [0.3, 0.4) is 0 Å². The normalized spacial score (nSPS) is 17.8. The first-order valence-electron chi connectivity index (χ1n) is 5.82. The predicted molar refractivity (Wildman–Crippen MR) is 57.3 cm³/mol. The average Bonchev–Trinajstić information content (AvgIpc) is 2.63. The molecule has 0 bridgehead atoms. The van der Waals surface area contributed by atoms with Crippen molar-refractivity contribution in [1.82, 2.24) is 10.1 Å². The number of hydrogen-bond donors (Lipinski definition) is 1. The minimum atomic E-state index is -0.411. The molecule has 1 aromatic heterocycles. The molecule has 1 fully saturated rings.